The van der Waals surface area contributed by atoms with Crippen molar-refractivity contribution in [3.05, 3.63) is 23.4 Å². The Morgan fingerprint density at radius 2 is 2.19 bits per heavy atom. The highest BCUT2D eigenvalue weighted by Gasteiger charge is 2.29. The Bertz CT molecular complexity index is 497. The van der Waals surface area contributed by atoms with Crippen molar-refractivity contribution >= 4 is 11.7 Å². The molecular weight excluding hydrogens is 264 g/mol. The zero-order valence-corrected chi connectivity index (χ0v) is 13.2. The fourth-order valence-corrected chi connectivity index (χ4v) is 2.44. The summed E-state index contributed by atoms with van der Waals surface area (Å²) in [4.78, 5) is 19.2. The first-order valence-electron chi connectivity index (χ1n) is 7.83. The van der Waals surface area contributed by atoms with Crippen LogP contribution in [-0.2, 0) is 6.42 Å². The second kappa shape index (κ2) is 6.89. The van der Waals surface area contributed by atoms with Gasteiger partial charge >= 0.3 is 0 Å². The van der Waals surface area contributed by atoms with E-state index in [-0.39, 0.29) is 11.9 Å². The third-order valence-electron chi connectivity index (χ3n) is 3.82. The highest BCUT2D eigenvalue weighted by atomic mass is 16.2. The standard InChI is InChI=1S/C16H26N4O/c1-4-5-14-8-13(9-15(18-14)19-17)16(21)20(11(2)3)10-12-6-7-12/h8-9,11-12H,4-7,10,17H2,1-3H3,(H,18,19). The van der Waals surface area contributed by atoms with Gasteiger partial charge < -0.3 is 10.3 Å². The summed E-state index contributed by atoms with van der Waals surface area (Å²) in [5.74, 6) is 6.79. The molecule has 1 aliphatic carbocycles. The lowest BCUT2D eigenvalue weighted by atomic mass is 10.1. The number of anilines is 1. The van der Waals surface area contributed by atoms with Crippen LogP contribution >= 0.6 is 0 Å². The van der Waals surface area contributed by atoms with Crippen molar-refractivity contribution in [2.24, 2.45) is 11.8 Å². The van der Waals surface area contributed by atoms with Gasteiger partial charge in [-0.25, -0.2) is 10.8 Å². The molecule has 1 amide bonds. The molecule has 1 aromatic rings. The summed E-state index contributed by atoms with van der Waals surface area (Å²) >= 11 is 0. The van der Waals surface area contributed by atoms with Crippen molar-refractivity contribution in [1.29, 1.82) is 0 Å². The Morgan fingerprint density at radius 1 is 1.48 bits per heavy atom. The number of nitrogens with two attached hydrogens (primary N) is 1. The van der Waals surface area contributed by atoms with E-state index in [9.17, 15) is 4.79 Å². The lowest BCUT2D eigenvalue weighted by molar-refractivity contribution is 0.0696. The molecule has 5 heteroatoms. The maximum Gasteiger partial charge on any atom is 0.254 e. The van der Waals surface area contributed by atoms with Crippen molar-refractivity contribution in [2.75, 3.05) is 12.0 Å². The number of amides is 1. The molecule has 21 heavy (non-hydrogen) atoms. The van der Waals surface area contributed by atoms with Crippen LogP contribution in [0.15, 0.2) is 12.1 Å². The Hall–Kier alpha value is -1.62. The van der Waals surface area contributed by atoms with Crippen molar-refractivity contribution in [1.82, 2.24) is 9.88 Å². The number of nitrogens with one attached hydrogen (secondary N) is 1. The average molecular weight is 290 g/mol. The van der Waals surface area contributed by atoms with Gasteiger partial charge in [-0.2, -0.15) is 0 Å². The fourth-order valence-electron chi connectivity index (χ4n) is 2.44. The smallest absolute Gasteiger partial charge is 0.254 e. The highest BCUT2D eigenvalue weighted by molar-refractivity contribution is 5.95. The number of carbonyl (C=O) groups excluding carboxylic acids is 1. The zero-order valence-electron chi connectivity index (χ0n) is 13.2. The van der Waals surface area contributed by atoms with Gasteiger partial charge in [0, 0.05) is 23.8 Å². The van der Waals surface area contributed by atoms with Gasteiger partial charge in [0.1, 0.15) is 5.82 Å². The zero-order chi connectivity index (χ0) is 15.4. The third-order valence-corrected chi connectivity index (χ3v) is 3.82. The van der Waals surface area contributed by atoms with Crippen LogP contribution in [0.4, 0.5) is 5.82 Å². The second-order valence-electron chi connectivity index (χ2n) is 6.12. The monoisotopic (exact) mass is 290 g/mol. The number of hydrogen-bond donors (Lipinski definition) is 2. The van der Waals surface area contributed by atoms with Gasteiger partial charge in [-0.3, -0.25) is 4.79 Å². The molecule has 1 heterocycles. The molecule has 1 aromatic heterocycles. The number of carbonyl (C=O) groups is 1. The van der Waals surface area contributed by atoms with E-state index in [1.54, 1.807) is 6.07 Å². The number of pyridine rings is 1. The molecule has 0 aliphatic heterocycles. The first kappa shape index (κ1) is 15.8. The van der Waals surface area contributed by atoms with Gasteiger partial charge in [0.05, 0.1) is 0 Å². The minimum absolute atomic E-state index is 0.0770. The predicted molar refractivity (Wildman–Crippen MR) is 84.9 cm³/mol. The molecule has 0 unspecified atom stereocenters. The fraction of sp³-hybridized carbons (Fsp3) is 0.625. The van der Waals surface area contributed by atoms with Gasteiger partial charge in [0.15, 0.2) is 0 Å². The summed E-state index contributed by atoms with van der Waals surface area (Å²) in [6.07, 6.45) is 4.32. The Balaban J connectivity index is 2.24. The molecule has 2 rings (SSSR count). The largest absolute Gasteiger partial charge is 0.336 e. The van der Waals surface area contributed by atoms with Crippen LogP contribution in [-0.4, -0.2) is 28.4 Å². The normalized spacial score (nSPS) is 14.3. The van der Waals surface area contributed by atoms with Gasteiger partial charge in [0.25, 0.3) is 5.91 Å². The summed E-state index contributed by atoms with van der Waals surface area (Å²) < 4.78 is 0. The van der Waals surface area contributed by atoms with Crippen LogP contribution in [0.3, 0.4) is 0 Å². The van der Waals surface area contributed by atoms with Gasteiger partial charge in [0.2, 0.25) is 0 Å². The van der Waals surface area contributed by atoms with Crippen molar-refractivity contribution in [3.8, 4) is 0 Å². The Morgan fingerprint density at radius 3 is 2.71 bits per heavy atom. The first-order chi connectivity index (χ1) is 10.0. The lowest BCUT2D eigenvalue weighted by Gasteiger charge is -2.27. The van der Waals surface area contributed by atoms with E-state index in [1.165, 1.54) is 12.8 Å². The predicted octanol–water partition coefficient (Wildman–Crippen LogP) is 2.58. The van der Waals surface area contributed by atoms with Crippen LogP contribution in [0.1, 0.15) is 56.1 Å². The molecule has 0 bridgehead atoms. The lowest BCUT2D eigenvalue weighted by Crippen LogP contribution is -2.38. The maximum absolute atomic E-state index is 12.8. The van der Waals surface area contributed by atoms with E-state index in [2.05, 4.69) is 31.2 Å². The first-order valence-corrected chi connectivity index (χ1v) is 7.83. The summed E-state index contributed by atoms with van der Waals surface area (Å²) in [6.45, 7) is 7.08. The second-order valence-corrected chi connectivity index (χ2v) is 6.12. The summed E-state index contributed by atoms with van der Waals surface area (Å²) in [6, 6.07) is 3.84. The van der Waals surface area contributed by atoms with E-state index in [4.69, 9.17) is 5.84 Å². The molecule has 0 aromatic carbocycles. The molecular formula is C16H26N4O. The molecule has 1 aliphatic rings. The summed E-state index contributed by atoms with van der Waals surface area (Å²) in [5.41, 5.74) is 4.15. The average Bonchev–Trinajstić information content (AvgIpc) is 3.27. The topological polar surface area (TPSA) is 71.2 Å². The summed E-state index contributed by atoms with van der Waals surface area (Å²) in [5, 5.41) is 0. The van der Waals surface area contributed by atoms with E-state index in [0.29, 0.717) is 17.3 Å². The van der Waals surface area contributed by atoms with Crippen LogP contribution in [0.2, 0.25) is 0 Å². The molecule has 1 saturated carbocycles. The molecule has 5 nitrogen and oxygen atoms in total. The van der Waals surface area contributed by atoms with Gasteiger partial charge in [-0.05, 0) is 51.2 Å². The van der Waals surface area contributed by atoms with Gasteiger partial charge in [-0.1, -0.05) is 13.3 Å². The quantitative estimate of drug-likeness (QED) is 0.598. The molecule has 0 atom stereocenters. The molecule has 0 radical (unpaired) electrons. The number of hydrazine groups is 1. The van der Waals surface area contributed by atoms with Crippen molar-refractivity contribution in [2.45, 2.75) is 52.5 Å². The number of aryl methyl sites for hydroxylation is 1. The van der Waals surface area contributed by atoms with E-state index in [0.717, 1.165) is 25.1 Å². The number of nitrogen functional groups attached to an aromatic ring is 1. The molecule has 1 fully saturated rings. The van der Waals surface area contributed by atoms with E-state index >= 15 is 0 Å². The van der Waals surface area contributed by atoms with E-state index < -0.39 is 0 Å². The van der Waals surface area contributed by atoms with Crippen LogP contribution in [0, 0.1) is 5.92 Å². The molecule has 116 valence electrons. The van der Waals surface area contributed by atoms with Crippen molar-refractivity contribution in [3.63, 3.8) is 0 Å². The highest BCUT2D eigenvalue weighted by Crippen LogP contribution is 2.31. The van der Waals surface area contributed by atoms with Gasteiger partial charge in [-0.15, -0.1) is 0 Å². The number of aromatic nitrogens is 1. The minimum Gasteiger partial charge on any atom is -0.336 e. The molecule has 0 saturated heterocycles. The van der Waals surface area contributed by atoms with Crippen LogP contribution in [0.5, 0.6) is 0 Å². The molecule has 3 N–H and O–H groups in total. The summed E-state index contributed by atoms with van der Waals surface area (Å²) in [7, 11) is 0. The maximum atomic E-state index is 12.8. The van der Waals surface area contributed by atoms with E-state index in [1.807, 2.05) is 11.0 Å². The van der Waals surface area contributed by atoms with Crippen LogP contribution in [0.25, 0.3) is 0 Å². The van der Waals surface area contributed by atoms with Crippen molar-refractivity contribution < 1.29 is 4.79 Å². The van der Waals surface area contributed by atoms with Crippen LogP contribution < -0.4 is 11.3 Å². The number of rotatable bonds is 7. The third kappa shape index (κ3) is 4.17. The Labute approximate surface area is 126 Å². The number of nitrogens with zero attached hydrogens (tertiary/aromatic N) is 2. The minimum atomic E-state index is 0.0770. The Kier molecular flexibility index (Phi) is 5.17. The molecule has 0 spiro atoms. The SMILES string of the molecule is CCCc1cc(C(=O)N(CC2CC2)C(C)C)cc(NN)n1. The number of hydrogen-bond acceptors (Lipinski definition) is 4.